The molecule has 0 bridgehead atoms. The minimum Gasteiger partial charge on any atom is -0.494 e. The molecule has 0 saturated carbocycles. The molecule has 0 spiro atoms. The van der Waals surface area contributed by atoms with Crippen LogP contribution in [-0.2, 0) is 16.0 Å². The normalized spacial score (nSPS) is 14.2. The number of amides is 2. The zero-order valence-corrected chi connectivity index (χ0v) is 17.7. The van der Waals surface area contributed by atoms with Gasteiger partial charge in [0, 0.05) is 32.2 Å². The summed E-state index contributed by atoms with van der Waals surface area (Å²) in [6.45, 7) is 4.52. The lowest BCUT2D eigenvalue weighted by molar-refractivity contribution is -0.384. The van der Waals surface area contributed by atoms with Crippen LogP contribution in [0.4, 0.5) is 11.4 Å². The van der Waals surface area contributed by atoms with E-state index < -0.39 is 4.92 Å². The van der Waals surface area contributed by atoms with Crippen molar-refractivity contribution in [2.75, 3.05) is 45.2 Å². The van der Waals surface area contributed by atoms with Crippen LogP contribution in [0.15, 0.2) is 42.5 Å². The van der Waals surface area contributed by atoms with E-state index in [1.54, 1.807) is 0 Å². The first-order valence-electron chi connectivity index (χ1n) is 10.0. The zero-order chi connectivity index (χ0) is 22.4. The van der Waals surface area contributed by atoms with E-state index in [1.165, 1.54) is 25.3 Å². The van der Waals surface area contributed by atoms with E-state index in [0.717, 1.165) is 11.1 Å². The zero-order valence-electron chi connectivity index (χ0n) is 17.7. The van der Waals surface area contributed by atoms with Gasteiger partial charge in [-0.05, 0) is 18.6 Å². The molecule has 31 heavy (non-hydrogen) atoms. The van der Waals surface area contributed by atoms with Crippen LogP contribution < -0.4 is 10.1 Å². The van der Waals surface area contributed by atoms with Crippen LogP contribution in [0, 0.1) is 17.0 Å². The van der Waals surface area contributed by atoms with Gasteiger partial charge in [-0.2, -0.15) is 0 Å². The van der Waals surface area contributed by atoms with Gasteiger partial charge >= 0.3 is 0 Å². The molecule has 2 amide bonds. The van der Waals surface area contributed by atoms with Crippen molar-refractivity contribution in [1.29, 1.82) is 0 Å². The number of piperazine rings is 1. The second kappa shape index (κ2) is 10.0. The molecule has 1 saturated heterocycles. The minimum absolute atomic E-state index is 0.0866. The van der Waals surface area contributed by atoms with Crippen LogP contribution in [0.25, 0.3) is 0 Å². The smallest absolute Gasteiger partial charge is 0.273 e. The van der Waals surface area contributed by atoms with Crippen molar-refractivity contribution in [3.8, 4) is 5.75 Å². The molecule has 164 valence electrons. The molecule has 1 N–H and O–H groups in total. The number of rotatable bonds is 7. The molecule has 2 aromatic rings. The van der Waals surface area contributed by atoms with Gasteiger partial charge in [0.25, 0.3) is 5.69 Å². The summed E-state index contributed by atoms with van der Waals surface area (Å²) in [5.74, 6) is 0.0734. The maximum atomic E-state index is 12.5. The standard InChI is InChI=1S/C22H26N4O5/c1-16-3-5-17(6-4-16)13-22(28)25-11-9-24(10-12-25)15-21(27)23-19-8-7-18(26(29)30)14-20(19)31-2/h3-8,14H,9-13,15H2,1-2H3,(H,23,27). The largest absolute Gasteiger partial charge is 0.494 e. The summed E-state index contributed by atoms with van der Waals surface area (Å²) in [6.07, 6.45) is 0.376. The third kappa shape index (κ3) is 6.02. The van der Waals surface area contributed by atoms with Crippen LogP contribution >= 0.6 is 0 Å². The van der Waals surface area contributed by atoms with Crippen LogP contribution in [0.1, 0.15) is 11.1 Å². The number of hydrogen-bond donors (Lipinski definition) is 1. The maximum Gasteiger partial charge on any atom is 0.273 e. The first kappa shape index (κ1) is 22.2. The highest BCUT2D eigenvalue weighted by Gasteiger charge is 2.23. The molecule has 1 fully saturated rings. The van der Waals surface area contributed by atoms with Gasteiger partial charge in [0.1, 0.15) is 5.75 Å². The van der Waals surface area contributed by atoms with Crippen molar-refractivity contribution in [2.45, 2.75) is 13.3 Å². The van der Waals surface area contributed by atoms with E-state index in [-0.39, 0.29) is 29.8 Å². The highest BCUT2D eigenvalue weighted by molar-refractivity contribution is 5.94. The Balaban J connectivity index is 1.48. The molecule has 0 radical (unpaired) electrons. The van der Waals surface area contributed by atoms with Gasteiger partial charge < -0.3 is 15.0 Å². The van der Waals surface area contributed by atoms with Crippen LogP contribution in [0.3, 0.4) is 0 Å². The fourth-order valence-electron chi connectivity index (χ4n) is 3.44. The lowest BCUT2D eigenvalue weighted by atomic mass is 10.1. The summed E-state index contributed by atoms with van der Waals surface area (Å²) >= 11 is 0. The Labute approximate surface area is 180 Å². The van der Waals surface area contributed by atoms with Crippen molar-refractivity contribution < 1.29 is 19.2 Å². The summed E-state index contributed by atoms with van der Waals surface area (Å²) in [5.41, 5.74) is 2.43. The maximum absolute atomic E-state index is 12.5. The molecule has 0 aliphatic carbocycles. The van der Waals surface area contributed by atoms with E-state index in [9.17, 15) is 19.7 Å². The van der Waals surface area contributed by atoms with Crippen LogP contribution in [0.2, 0.25) is 0 Å². The van der Waals surface area contributed by atoms with Gasteiger partial charge in [-0.3, -0.25) is 24.6 Å². The summed E-state index contributed by atoms with van der Waals surface area (Å²) in [4.78, 5) is 39.1. The Morgan fingerprint density at radius 2 is 1.77 bits per heavy atom. The number of ether oxygens (including phenoxy) is 1. The van der Waals surface area contributed by atoms with Crippen molar-refractivity contribution >= 4 is 23.2 Å². The molecule has 0 unspecified atom stereocenters. The number of aryl methyl sites for hydroxylation is 1. The summed E-state index contributed by atoms with van der Waals surface area (Å²) in [6, 6.07) is 12.0. The van der Waals surface area contributed by atoms with E-state index in [1.807, 2.05) is 41.0 Å². The van der Waals surface area contributed by atoms with Crippen molar-refractivity contribution in [1.82, 2.24) is 9.80 Å². The number of nitro benzene ring substituents is 1. The summed E-state index contributed by atoms with van der Waals surface area (Å²) < 4.78 is 5.15. The SMILES string of the molecule is COc1cc([N+](=O)[O-])ccc1NC(=O)CN1CCN(C(=O)Cc2ccc(C)cc2)CC1. The molecule has 0 aromatic heterocycles. The van der Waals surface area contributed by atoms with E-state index in [4.69, 9.17) is 4.74 Å². The molecule has 9 heteroatoms. The third-order valence-corrected chi connectivity index (χ3v) is 5.24. The predicted octanol–water partition coefficient (Wildman–Crippen LogP) is 2.24. The monoisotopic (exact) mass is 426 g/mol. The summed E-state index contributed by atoms with van der Waals surface area (Å²) in [7, 11) is 1.39. The number of nitrogens with one attached hydrogen (secondary N) is 1. The Morgan fingerprint density at radius 3 is 2.39 bits per heavy atom. The van der Waals surface area contributed by atoms with Gasteiger partial charge in [0.15, 0.2) is 0 Å². The van der Waals surface area contributed by atoms with E-state index in [0.29, 0.717) is 38.3 Å². The van der Waals surface area contributed by atoms with E-state index in [2.05, 4.69) is 5.32 Å². The van der Waals surface area contributed by atoms with Crippen molar-refractivity contribution in [3.05, 3.63) is 63.7 Å². The number of carbonyl (C=O) groups is 2. The van der Waals surface area contributed by atoms with E-state index >= 15 is 0 Å². The van der Waals surface area contributed by atoms with Crippen molar-refractivity contribution in [3.63, 3.8) is 0 Å². The number of hydrogen-bond acceptors (Lipinski definition) is 6. The lowest BCUT2D eigenvalue weighted by Crippen LogP contribution is -2.50. The van der Waals surface area contributed by atoms with Gasteiger partial charge in [0.05, 0.1) is 36.8 Å². The highest BCUT2D eigenvalue weighted by atomic mass is 16.6. The topological polar surface area (TPSA) is 105 Å². The van der Waals surface area contributed by atoms with Crippen molar-refractivity contribution in [2.24, 2.45) is 0 Å². The number of methoxy groups -OCH3 is 1. The Morgan fingerprint density at radius 1 is 1.10 bits per heavy atom. The van der Waals surface area contributed by atoms with Crippen LogP contribution in [0.5, 0.6) is 5.75 Å². The first-order valence-corrected chi connectivity index (χ1v) is 10.0. The van der Waals surface area contributed by atoms with Gasteiger partial charge in [-0.1, -0.05) is 29.8 Å². The number of anilines is 1. The number of carbonyl (C=O) groups excluding carboxylic acids is 2. The molecule has 9 nitrogen and oxygen atoms in total. The molecule has 1 aliphatic rings. The Hall–Kier alpha value is -3.46. The molecule has 1 heterocycles. The first-order chi connectivity index (χ1) is 14.9. The second-order valence-electron chi connectivity index (χ2n) is 7.51. The van der Waals surface area contributed by atoms with Gasteiger partial charge in [0.2, 0.25) is 11.8 Å². The number of non-ortho nitro benzene ring substituents is 1. The molecule has 1 aliphatic heterocycles. The molecule has 0 atom stereocenters. The minimum atomic E-state index is -0.520. The number of benzene rings is 2. The fraction of sp³-hybridized carbons (Fsp3) is 0.364. The number of nitrogens with zero attached hydrogens (tertiary/aromatic N) is 3. The Bertz CT molecular complexity index is 953. The summed E-state index contributed by atoms with van der Waals surface area (Å²) in [5, 5.41) is 13.6. The fourth-order valence-corrected chi connectivity index (χ4v) is 3.44. The lowest BCUT2D eigenvalue weighted by Gasteiger charge is -2.34. The molecule has 2 aromatic carbocycles. The average Bonchev–Trinajstić information content (AvgIpc) is 2.76. The van der Waals surface area contributed by atoms with Gasteiger partial charge in [-0.15, -0.1) is 0 Å². The number of nitro groups is 1. The molecular weight excluding hydrogens is 400 g/mol. The Kier molecular flexibility index (Phi) is 7.19. The highest BCUT2D eigenvalue weighted by Crippen LogP contribution is 2.28. The molecule has 3 rings (SSSR count). The predicted molar refractivity (Wildman–Crippen MR) is 116 cm³/mol. The average molecular weight is 426 g/mol. The van der Waals surface area contributed by atoms with Crippen LogP contribution in [-0.4, -0.2) is 66.4 Å². The van der Waals surface area contributed by atoms with Gasteiger partial charge in [-0.25, -0.2) is 0 Å². The quantitative estimate of drug-likeness (QED) is 0.538. The second-order valence-corrected chi connectivity index (χ2v) is 7.51. The third-order valence-electron chi connectivity index (χ3n) is 5.24. The molecular formula is C22H26N4O5.